The number of aromatic nitrogens is 2. The zero-order valence-corrected chi connectivity index (χ0v) is 19.4. The van der Waals surface area contributed by atoms with Gasteiger partial charge in [0.1, 0.15) is 5.03 Å². The van der Waals surface area contributed by atoms with Crippen molar-refractivity contribution < 1.29 is 14.6 Å². The normalized spacial score (nSPS) is 27.7. The number of carboxylic acids is 1. The summed E-state index contributed by atoms with van der Waals surface area (Å²) >= 11 is 1.64. The molecule has 0 spiro atoms. The van der Waals surface area contributed by atoms with E-state index in [4.69, 9.17) is 4.74 Å². The summed E-state index contributed by atoms with van der Waals surface area (Å²) in [5.41, 5.74) is 1.77. The van der Waals surface area contributed by atoms with Crippen LogP contribution in [-0.4, -0.2) is 51.7 Å². The monoisotopic (exact) mass is 454 g/mol. The molecule has 1 aromatic carbocycles. The zero-order valence-electron chi connectivity index (χ0n) is 18.6. The van der Waals surface area contributed by atoms with E-state index in [1.54, 1.807) is 31.3 Å². The molecule has 7 nitrogen and oxygen atoms in total. The van der Waals surface area contributed by atoms with Gasteiger partial charge in [-0.25, -0.2) is 9.97 Å². The van der Waals surface area contributed by atoms with Crippen LogP contribution in [0.15, 0.2) is 40.5 Å². The molecule has 2 fully saturated rings. The van der Waals surface area contributed by atoms with Crippen LogP contribution < -0.4 is 5.32 Å². The molecule has 8 heteroatoms. The third-order valence-electron chi connectivity index (χ3n) is 7.52. The van der Waals surface area contributed by atoms with Crippen LogP contribution in [0.3, 0.4) is 0 Å². The summed E-state index contributed by atoms with van der Waals surface area (Å²) in [6.45, 7) is 4.58. The lowest BCUT2D eigenvalue weighted by atomic mass is 9.59. The van der Waals surface area contributed by atoms with Crippen molar-refractivity contribution in [2.24, 2.45) is 17.8 Å². The molecule has 3 atom stereocenters. The quantitative estimate of drug-likeness (QED) is 0.566. The number of piperidine rings is 1. The third-order valence-corrected chi connectivity index (χ3v) is 8.59. The molecule has 5 rings (SSSR count). The lowest BCUT2D eigenvalue weighted by Gasteiger charge is -2.57. The number of carbonyl (C=O) groups is 1. The summed E-state index contributed by atoms with van der Waals surface area (Å²) in [5, 5.41) is 14.3. The average Bonchev–Trinajstić information content (AvgIpc) is 2.78. The Morgan fingerprint density at radius 3 is 2.75 bits per heavy atom. The first-order valence-corrected chi connectivity index (χ1v) is 12.3. The molecule has 2 N–H and O–H groups in total. The third kappa shape index (κ3) is 3.58. The maximum absolute atomic E-state index is 12.1. The van der Waals surface area contributed by atoms with Gasteiger partial charge in [-0.05, 0) is 37.0 Å². The first-order chi connectivity index (χ1) is 15.5. The summed E-state index contributed by atoms with van der Waals surface area (Å²) < 4.78 is 6.13. The SMILES string of the molecule is CCC(C(=O)O)C1(OC)C2CCCC1CN(Cc1ccc3c(c1)Nc1nccnc1S3)C2. The van der Waals surface area contributed by atoms with Crippen molar-refractivity contribution in [3.63, 3.8) is 0 Å². The minimum atomic E-state index is -0.721. The number of nitrogens with zero attached hydrogens (tertiary/aromatic N) is 3. The second kappa shape index (κ2) is 8.65. The highest BCUT2D eigenvalue weighted by Crippen LogP contribution is 2.50. The molecule has 2 bridgehead atoms. The Kier molecular flexibility index (Phi) is 5.86. The molecule has 1 saturated carbocycles. The second-order valence-corrected chi connectivity index (χ2v) is 10.2. The second-order valence-electron chi connectivity index (χ2n) is 9.14. The number of aliphatic carboxylic acids is 1. The topological polar surface area (TPSA) is 87.6 Å². The van der Waals surface area contributed by atoms with Crippen LogP contribution in [0.2, 0.25) is 0 Å². The Balaban J connectivity index is 1.35. The summed E-state index contributed by atoms with van der Waals surface area (Å²) in [6, 6.07) is 6.55. The summed E-state index contributed by atoms with van der Waals surface area (Å²) in [7, 11) is 1.72. The van der Waals surface area contributed by atoms with Crippen molar-refractivity contribution in [3.8, 4) is 0 Å². The Hall–Kier alpha value is -2.16. The van der Waals surface area contributed by atoms with Gasteiger partial charge in [-0.1, -0.05) is 31.2 Å². The number of rotatable bonds is 6. The molecule has 32 heavy (non-hydrogen) atoms. The lowest BCUT2D eigenvalue weighted by Crippen LogP contribution is -2.65. The van der Waals surface area contributed by atoms with E-state index in [0.29, 0.717) is 6.42 Å². The van der Waals surface area contributed by atoms with Crippen LogP contribution in [0.4, 0.5) is 11.5 Å². The molecule has 1 aliphatic carbocycles. The molecule has 3 heterocycles. The van der Waals surface area contributed by atoms with E-state index in [2.05, 4.69) is 38.4 Å². The minimum Gasteiger partial charge on any atom is -0.481 e. The Morgan fingerprint density at radius 2 is 2.06 bits per heavy atom. The number of likely N-dealkylation sites (tertiary alicyclic amines) is 1. The van der Waals surface area contributed by atoms with Gasteiger partial charge in [-0.3, -0.25) is 9.69 Å². The molecule has 3 aliphatic rings. The van der Waals surface area contributed by atoms with Crippen molar-refractivity contribution in [1.29, 1.82) is 0 Å². The van der Waals surface area contributed by atoms with E-state index in [-0.39, 0.29) is 11.8 Å². The first kappa shape index (κ1) is 21.7. The van der Waals surface area contributed by atoms with Crippen LogP contribution in [0, 0.1) is 17.8 Å². The van der Waals surface area contributed by atoms with Crippen LogP contribution in [0.1, 0.15) is 38.2 Å². The highest BCUT2D eigenvalue weighted by Gasteiger charge is 2.57. The van der Waals surface area contributed by atoms with Gasteiger partial charge in [-0.2, -0.15) is 0 Å². The maximum Gasteiger partial charge on any atom is 0.309 e. The van der Waals surface area contributed by atoms with Crippen molar-refractivity contribution in [1.82, 2.24) is 14.9 Å². The van der Waals surface area contributed by atoms with E-state index < -0.39 is 17.5 Å². The predicted octanol–water partition coefficient (Wildman–Crippen LogP) is 4.41. The van der Waals surface area contributed by atoms with Crippen molar-refractivity contribution >= 4 is 29.2 Å². The fourth-order valence-corrected chi connectivity index (χ4v) is 7.14. The molecular formula is C24H30N4O3S. The Bertz CT molecular complexity index is 1000. The number of nitrogens with one attached hydrogen (secondary N) is 1. The molecule has 1 aromatic heterocycles. The van der Waals surface area contributed by atoms with Crippen LogP contribution in [0.25, 0.3) is 0 Å². The van der Waals surface area contributed by atoms with Gasteiger partial charge in [-0.15, -0.1) is 0 Å². The Labute approximate surface area is 193 Å². The van der Waals surface area contributed by atoms with Gasteiger partial charge in [0.2, 0.25) is 0 Å². The van der Waals surface area contributed by atoms with Gasteiger partial charge >= 0.3 is 5.97 Å². The lowest BCUT2D eigenvalue weighted by molar-refractivity contribution is -0.205. The number of ether oxygens (including phenoxy) is 1. The molecule has 2 aromatic rings. The highest BCUT2D eigenvalue weighted by molar-refractivity contribution is 7.99. The van der Waals surface area contributed by atoms with Crippen LogP contribution in [0.5, 0.6) is 0 Å². The highest BCUT2D eigenvalue weighted by atomic mass is 32.2. The zero-order chi connectivity index (χ0) is 22.3. The fourth-order valence-electron chi connectivity index (χ4n) is 6.26. The van der Waals surface area contributed by atoms with E-state index in [9.17, 15) is 9.90 Å². The fraction of sp³-hybridized carbons (Fsp3) is 0.542. The average molecular weight is 455 g/mol. The smallest absolute Gasteiger partial charge is 0.309 e. The largest absolute Gasteiger partial charge is 0.481 e. The van der Waals surface area contributed by atoms with Gasteiger partial charge in [0, 0.05) is 55.9 Å². The first-order valence-electron chi connectivity index (χ1n) is 11.4. The van der Waals surface area contributed by atoms with Crippen LogP contribution in [-0.2, 0) is 16.1 Å². The molecule has 1 saturated heterocycles. The molecular weight excluding hydrogens is 424 g/mol. The summed E-state index contributed by atoms with van der Waals surface area (Å²) in [4.78, 5) is 24.6. The van der Waals surface area contributed by atoms with Gasteiger partial charge in [0.25, 0.3) is 0 Å². The van der Waals surface area contributed by atoms with E-state index in [1.165, 1.54) is 5.56 Å². The molecule has 0 amide bonds. The van der Waals surface area contributed by atoms with Gasteiger partial charge in [0.15, 0.2) is 5.82 Å². The van der Waals surface area contributed by atoms with E-state index in [0.717, 1.165) is 60.3 Å². The molecule has 0 radical (unpaired) electrons. The number of benzene rings is 1. The van der Waals surface area contributed by atoms with E-state index >= 15 is 0 Å². The summed E-state index contributed by atoms with van der Waals surface area (Å²) in [6.07, 6.45) is 7.24. The minimum absolute atomic E-state index is 0.245. The predicted molar refractivity (Wildman–Crippen MR) is 123 cm³/mol. The van der Waals surface area contributed by atoms with E-state index in [1.807, 2.05) is 6.92 Å². The number of hydrogen-bond acceptors (Lipinski definition) is 7. The van der Waals surface area contributed by atoms with Crippen molar-refractivity contribution in [3.05, 3.63) is 36.2 Å². The molecule has 170 valence electrons. The molecule has 2 aliphatic heterocycles. The number of hydrogen-bond donors (Lipinski definition) is 2. The standard InChI is InChI=1S/C24H30N4O3S/c1-3-18(23(29)30)24(31-2)16-5-4-6-17(24)14-28(13-16)12-15-7-8-20-19(11-15)27-21-22(32-20)26-10-9-25-21/h7-11,16-18H,3-6,12-14H2,1-2H3,(H,25,27)(H,29,30). The van der Waals surface area contributed by atoms with Gasteiger partial charge in [0.05, 0.1) is 17.2 Å². The number of anilines is 2. The number of carboxylic acid groups (broad SMARTS) is 1. The van der Waals surface area contributed by atoms with Gasteiger partial charge < -0.3 is 15.2 Å². The summed E-state index contributed by atoms with van der Waals surface area (Å²) in [5.74, 6) is 0.125. The number of fused-ring (bicyclic) bond motifs is 4. The van der Waals surface area contributed by atoms with Crippen molar-refractivity contribution in [2.45, 2.75) is 54.7 Å². The van der Waals surface area contributed by atoms with Crippen LogP contribution >= 0.6 is 11.8 Å². The molecule has 3 unspecified atom stereocenters. The van der Waals surface area contributed by atoms with Crippen molar-refractivity contribution in [2.75, 3.05) is 25.5 Å². The maximum atomic E-state index is 12.1. The number of methoxy groups -OCH3 is 1. The Morgan fingerprint density at radius 1 is 1.31 bits per heavy atom.